The third kappa shape index (κ3) is 2.75. The molecule has 1 unspecified atom stereocenters. The molecule has 0 spiro atoms. The molecule has 0 saturated carbocycles. The molecule has 4 heteroatoms. The van der Waals surface area contributed by atoms with Gasteiger partial charge in [0.1, 0.15) is 5.82 Å². The first-order valence-corrected chi connectivity index (χ1v) is 7.01. The third-order valence-electron chi connectivity index (χ3n) is 3.86. The predicted molar refractivity (Wildman–Crippen MR) is 82.4 cm³/mol. The Morgan fingerprint density at radius 1 is 1.24 bits per heavy atom. The fourth-order valence-corrected chi connectivity index (χ4v) is 2.66. The maximum absolute atomic E-state index is 13.4. The highest BCUT2D eigenvalue weighted by Gasteiger charge is 2.27. The lowest BCUT2D eigenvalue weighted by Crippen LogP contribution is -2.35. The molecule has 0 amide bonds. The van der Waals surface area contributed by atoms with Crippen LogP contribution < -0.4 is 5.73 Å². The van der Waals surface area contributed by atoms with E-state index < -0.39 is 0 Å². The van der Waals surface area contributed by atoms with E-state index in [1.807, 2.05) is 30.3 Å². The molecule has 0 aliphatic carbocycles. The lowest BCUT2D eigenvalue weighted by atomic mass is 10.0. The molecule has 2 N–H and O–H groups in total. The van der Waals surface area contributed by atoms with Gasteiger partial charge in [0.25, 0.3) is 0 Å². The first-order valence-electron chi connectivity index (χ1n) is 7.01. The van der Waals surface area contributed by atoms with Gasteiger partial charge in [-0.05, 0) is 29.7 Å². The largest absolute Gasteiger partial charge is 0.370 e. The monoisotopic (exact) mass is 283 g/mol. The molecule has 2 aromatic carbocycles. The van der Waals surface area contributed by atoms with E-state index in [9.17, 15) is 4.39 Å². The number of nitrogens with two attached hydrogens (primary N) is 1. The first-order chi connectivity index (χ1) is 10.1. The van der Waals surface area contributed by atoms with Crippen LogP contribution in [0.3, 0.4) is 0 Å². The summed E-state index contributed by atoms with van der Waals surface area (Å²) in [7, 11) is 0. The van der Waals surface area contributed by atoms with Gasteiger partial charge in [-0.1, -0.05) is 42.5 Å². The smallest absolute Gasteiger partial charge is 0.192 e. The van der Waals surface area contributed by atoms with Crippen LogP contribution in [-0.4, -0.2) is 17.4 Å². The minimum Gasteiger partial charge on any atom is -0.370 e. The molecule has 0 saturated heterocycles. The number of halogens is 1. The predicted octanol–water partition coefficient (Wildman–Crippen LogP) is 3.01. The third-order valence-corrected chi connectivity index (χ3v) is 3.86. The molecule has 3 nitrogen and oxygen atoms in total. The van der Waals surface area contributed by atoms with E-state index in [2.05, 4.69) is 22.0 Å². The fourth-order valence-electron chi connectivity index (χ4n) is 2.66. The summed E-state index contributed by atoms with van der Waals surface area (Å²) in [5.41, 5.74) is 8.91. The van der Waals surface area contributed by atoms with Crippen LogP contribution in [0, 0.1) is 12.7 Å². The van der Waals surface area contributed by atoms with Gasteiger partial charge in [-0.3, -0.25) is 4.99 Å². The normalized spacial score (nSPS) is 17.9. The number of hydrogen-bond donors (Lipinski definition) is 1. The molecular weight excluding hydrogens is 265 g/mol. The number of rotatable bonds is 3. The van der Waals surface area contributed by atoms with E-state index in [1.54, 1.807) is 6.92 Å². The van der Waals surface area contributed by atoms with Gasteiger partial charge >= 0.3 is 0 Å². The zero-order chi connectivity index (χ0) is 14.8. The zero-order valence-corrected chi connectivity index (χ0v) is 12.0. The minimum atomic E-state index is -0.180. The maximum atomic E-state index is 13.4. The lowest BCUT2D eigenvalue weighted by Gasteiger charge is -2.27. The summed E-state index contributed by atoms with van der Waals surface area (Å²) in [5, 5.41) is 0. The van der Waals surface area contributed by atoms with Crippen LogP contribution >= 0.6 is 0 Å². The second kappa shape index (κ2) is 5.56. The van der Waals surface area contributed by atoms with Gasteiger partial charge in [0.15, 0.2) is 5.96 Å². The van der Waals surface area contributed by atoms with E-state index in [0.29, 0.717) is 24.6 Å². The zero-order valence-electron chi connectivity index (χ0n) is 12.0. The van der Waals surface area contributed by atoms with Gasteiger partial charge in [0.2, 0.25) is 0 Å². The number of aryl methyl sites for hydroxylation is 1. The Balaban J connectivity index is 1.86. The topological polar surface area (TPSA) is 41.6 Å². The molecular formula is C17H18FN3. The van der Waals surface area contributed by atoms with Crippen molar-refractivity contribution in [2.45, 2.75) is 19.5 Å². The van der Waals surface area contributed by atoms with Crippen molar-refractivity contribution >= 4 is 5.96 Å². The average molecular weight is 283 g/mol. The number of nitrogens with zero attached hydrogens (tertiary/aromatic N) is 2. The Hall–Kier alpha value is -2.36. The maximum Gasteiger partial charge on any atom is 0.192 e. The standard InChI is InChI=1S/C17H18FN3/c1-12-9-14(7-8-15(12)18)16-10-20-17(19)21(16)11-13-5-3-2-4-6-13/h2-9,16H,10-11H2,1H3,(H2,19,20). The van der Waals surface area contributed by atoms with Crippen LogP contribution in [0.4, 0.5) is 4.39 Å². The number of aliphatic imine (C=N–C) groups is 1. The van der Waals surface area contributed by atoms with Gasteiger partial charge in [0.05, 0.1) is 12.6 Å². The van der Waals surface area contributed by atoms with Crippen molar-refractivity contribution in [1.29, 1.82) is 0 Å². The van der Waals surface area contributed by atoms with Crippen LogP contribution in [-0.2, 0) is 6.54 Å². The Bertz CT molecular complexity index is 667. The van der Waals surface area contributed by atoms with Crippen molar-refractivity contribution in [2.24, 2.45) is 10.7 Å². The molecule has 0 aromatic heterocycles. The quantitative estimate of drug-likeness (QED) is 0.941. The van der Waals surface area contributed by atoms with Crippen LogP contribution in [0.5, 0.6) is 0 Å². The van der Waals surface area contributed by atoms with E-state index >= 15 is 0 Å². The molecule has 0 bridgehead atoms. The highest BCUT2D eigenvalue weighted by Crippen LogP contribution is 2.28. The minimum absolute atomic E-state index is 0.0736. The fraction of sp³-hybridized carbons (Fsp3) is 0.235. The Labute approximate surface area is 123 Å². The molecule has 1 heterocycles. The number of hydrogen-bond acceptors (Lipinski definition) is 3. The van der Waals surface area contributed by atoms with E-state index in [0.717, 1.165) is 5.56 Å². The van der Waals surface area contributed by atoms with Crippen LogP contribution in [0.15, 0.2) is 53.5 Å². The molecule has 2 aromatic rings. The van der Waals surface area contributed by atoms with Crippen LogP contribution in [0.25, 0.3) is 0 Å². The van der Waals surface area contributed by atoms with Gasteiger partial charge in [-0.2, -0.15) is 0 Å². The van der Waals surface area contributed by atoms with Crippen molar-refractivity contribution in [1.82, 2.24) is 4.90 Å². The molecule has 0 fully saturated rings. The lowest BCUT2D eigenvalue weighted by molar-refractivity contribution is 0.340. The van der Waals surface area contributed by atoms with Crippen molar-refractivity contribution in [3.8, 4) is 0 Å². The Kier molecular flexibility index (Phi) is 3.60. The molecule has 1 aliphatic rings. The SMILES string of the molecule is Cc1cc(C2CN=C(N)N2Cc2ccccc2)ccc1F. The van der Waals surface area contributed by atoms with Crippen molar-refractivity contribution < 1.29 is 4.39 Å². The highest BCUT2D eigenvalue weighted by atomic mass is 19.1. The molecule has 3 rings (SSSR count). The summed E-state index contributed by atoms with van der Waals surface area (Å²) in [4.78, 5) is 6.42. The number of guanidine groups is 1. The van der Waals surface area contributed by atoms with Crippen LogP contribution in [0.1, 0.15) is 22.7 Å². The van der Waals surface area contributed by atoms with E-state index in [4.69, 9.17) is 5.73 Å². The molecule has 108 valence electrons. The molecule has 1 aliphatic heterocycles. The Morgan fingerprint density at radius 2 is 2.00 bits per heavy atom. The van der Waals surface area contributed by atoms with E-state index in [1.165, 1.54) is 11.6 Å². The molecule has 21 heavy (non-hydrogen) atoms. The first kappa shape index (κ1) is 13.6. The van der Waals surface area contributed by atoms with Crippen molar-refractivity contribution in [2.75, 3.05) is 6.54 Å². The van der Waals surface area contributed by atoms with Gasteiger partial charge in [0, 0.05) is 6.54 Å². The summed E-state index contributed by atoms with van der Waals surface area (Å²) in [5.74, 6) is 0.367. The Morgan fingerprint density at radius 3 is 2.71 bits per heavy atom. The number of benzene rings is 2. The van der Waals surface area contributed by atoms with E-state index in [-0.39, 0.29) is 11.9 Å². The second-order valence-electron chi connectivity index (χ2n) is 5.34. The summed E-state index contributed by atoms with van der Waals surface area (Å²) in [6.45, 7) is 3.10. The van der Waals surface area contributed by atoms with Gasteiger partial charge < -0.3 is 10.6 Å². The van der Waals surface area contributed by atoms with Crippen molar-refractivity contribution in [3.63, 3.8) is 0 Å². The van der Waals surface area contributed by atoms with Crippen LogP contribution in [0.2, 0.25) is 0 Å². The molecule has 0 radical (unpaired) electrons. The van der Waals surface area contributed by atoms with Gasteiger partial charge in [-0.15, -0.1) is 0 Å². The average Bonchev–Trinajstić information content (AvgIpc) is 2.85. The molecule has 1 atom stereocenters. The summed E-state index contributed by atoms with van der Waals surface area (Å²) in [6.07, 6.45) is 0. The highest BCUT2D eigenvalue weighted by molar-refractivity contribution is 5.80. The summed E-state index contributed by atoms with van der Waals surface area (Å²) >= 11 is 0. The second-order valence-corrected chi connectivity index (χ2v) is 5.34. The van der Waals surface area contributed by atoms with Gasteiger partial charge in [-0.25, -0.2) is 4.39 Å². The summed E-state index contributed by atoms with van der Waals surface area (Å²) < 4.78 is 13.4. The summed E-state index contributed by atoms with van der Waals surface area (Å²) in [6, 6.07) is 15.4. The van der Waals surface area contributed by atoms with Crippen molar-refractivity contribution in [3.05, 3.63) is 71.0 Å².